The molecule has 0 bridgehead atoms. The van der Waals surface area contributed by atoms with E-state index in [0.717, 1.165) is 34.5 Å². The molecule has 3 heteroatoms. The van der Waals surface area contributed by atoms with Gasteiger partial charge in [0.05, 0.1) is 6.61 Å². The van der Waals surface area contributed by atoms with Gasteiger partial charge in [0.2, 0.25) is 0 Å². The van der Waals surface area contributed by atoms with Crippen LogP contribution in [0.2, 0.25) is 0 Å². The quantitative estimate of drug-likeness (QED) is 0.363. The summed E-state index contributed by atoms with van der Waals surface area (Å²) in [6.07, 6.45) is 0.121. The molecule has 1 heterocycles. The number of nitrogen functional groups attached to an aromatic ring is 1. The number of rotatable bonds is 4. The number of hydrogen-bond donors (Lipinski definition) is 2. The minimum atomic E-state index is -0.155. The van der Waals surface area contributed by atoms with Crippen LogP contribution in [-0.2, 0) is 4.74 Å². The van der Waals surface area contributed by atoms with Crippen molar-refractivity contribution in [2.24, 2.45) is 0 Å². The van der Waals surface area contributed by atoms with Crippen molar-refractivity contribution in [2.75, 3.05) is 12.3 Å². The second kappa shape index (κ2) is 6.99. The van der Waals surface area contributed by atoms with E-state index in [1.807, 2.05) is 31.2 Å². The Morgan fingerprint density at radius 2 is 1.50 bits per heavy atom. The van der Waals surface area contributed by atoms with Crippen molar-refractivity contribution >= 4 is 5.69 Å². The Morgan fingerprint density at radius 3 is 2.14 bits per heavy atom. The van der Waals surface area contributed by atoms with Gasteiger partial charge in [-0.25, -0.2) is 0 Å². The van der Waals surface area contributed by atoms with Crippen LogP contribution in [0.3, 0.4) is 0 Å². The predicted octanol–water partition coefficient (Wildman–Crippen LogP) is 5.46. The van der Waals surface area contributed by atoms with Gasteiger partial charge in [-0.1, -0.05) is 53.6 Å². The lowest BCUT2D eigenvalue weighted by Gasteiger charge is -2.26. The summed E-state index contributed by atoms with van der Waals surface area (Å²) in [6, 6.07) is 16.5. The first-order valence-corrected chi connectivity index (χ1v) is 9.74. The maximum absolute atomic E-state index is 11.0. The molecule has 0 saturated carbocycles. The molecule has 0 radical (unpaired) electrons. The molecule has 1 aliphatic heterocycles. The zero-order chi connectivity index (χ0) is 20.0. The van der Waals surface area contributed by atoms with Gasteiger partial charge in [0.25, 0.3) is 0 Å². The molecule has 1 saturated heterocycles. The third kappa shape index (κ3) is 3.27. The van der Waals surface area contributed by atoms with Crippen LogP contribution < -0.4 is 5.73 Å². The van der Waals surface area contributed by atoms with E-state index in [1.54, 1.807) is 0 Å². The topological polar surface area (TPSA) is 58.8 Å². The third-order valence-corrected chi connectivity index (χ3v) is 5.62. The molecule has 3 aromatic rings. The molecule has 0 amide bonds. The molecule has 144 valence electrons. The van der Waals surface area contributed by atoms with Crippen molar-refractivity contribution in [2.45, 2.75) is 39.7 Å². The minimum absolute atomic E-state index is 0.121. The second-order valence-electron chi connectivity index (χ2n) is 7.99. The van der Waals surface area contributed by atoms with Gasteiger partial charge in [-0.3, -0.25) is 0 Å². The highest BCUT2D eigenvalue weighted by Gasteiger charge is 2.34. The lowest BCUT2D eigenvalue weighted by atomic mass is 9.78. The van der Waals surface area contributed by atoms with Crippen molar-refractivity contribution in [1.82, 2.24) is 0 Å². The number of para-hydroxylation sites is 1. The number of hydrogen-bond acceptors (Lipinski definition) is 3. The van der Waals surface area contributed by atoms with Gasteiger partial charge in [-0.05, 0) is 61.6 Å². The lowest BCUT2D eigenvalue weighted by molar-refractivity contribution is 0.413. The molecule has 28 heavy (non-hydrogen) atoms. The maximum atomic E-state index is 11.0. The first kappa shape index (κ1) is 18.6. The fourth-order valence-electron chi connectivity index (χ4n) is 4.39. The number of ether oxygens (including phenoxy) is 1. The lowest BCUT2D eigenvalue weighted by Crippen LogP contribution is -2.11. The average Bonchev–Trinajstić information content (AvgIpc) is 3.45. The summed E-state index contributed by atoms with van der Waals surface area (Å²) in [7, 11) is 0. The molecular formula is C25H27NO2. The zero-order valence-corrected chi connectivity index (χ0v) is 16.9. The SMILES string of the molecule is Cc1cc(C)c(O)c(C(c2ccccc2N)c2cc(C)cc(C)c2C2CO2)c1. The second-order valence-corrected chi connectivity index (χ2v) is 7.99. The standard InChI is InChI=1S/C25H27NO2/c1-14-9-16(3)23(22-13-28-22)19(11-14)24(18-7-5-6-8-21(18)26)20-12-15(2)10-17(4)25(20)27/h5-12,22,24,27H,13,26H2,1-4H3. The van der Waals surface area contributed by atoms with Crippen molar-refractivity contribution in [3.05, 3.63) is 93.0 Å². The maximum Gasteiger partial charge on any atom is 0.122 e. The Kier molecular flexibility index (Phi) is 4.64. The molecule has 2 atom stereocenters. The zero-order valence-electron chi connectivity index (χ0n) is 16.9. The molecule has 0 aliphatic carbocycles. The van der Waals surface area contributed by atoms with E-state index in [0.29, 0.717) is 5.75 Å². The van der Waals surface area contributed by atoms with Gasteiger partial charge >= 0.3 is 0 Å². The Hall–Kier alpha value is -2.78. The monoisotopic (exact) mass is 373 g/mol. The summed E-state index contributed by atoms with van der Waals surface area (Å²) < 4.78 is 5.69. The molecule has 0 aromatic heterocycles. The van der Waals surface area contributed by atoms with E-state index < -0.39 is 0 Å². The van der Waals surface area contributed by atoms with Crippen molar-refractivity contribution in [1.29, 1.82) is 0 Å². The number of nitrogens with two attached hydrogens (primary N) is 1. The largest absolute Gasteiger partial charge is 0.507 e. The van der Waals surface area contributed by atoms with Crippen molar-refractivity contribution in [3.8, 4) is 5.75 Å². The Bertz CT molecular complexity index is 1050. The fraction of sp³-hybridized carbons (Fsp3) is 0.280. The van der Waals surface area contributed by atoms with Gasteiger partial charge in [-0.15, -0.1) is 0 Å². The molecule has 1 aliphatic rings. The molecule has 4 rings (SSSR count). The fourth-order valence-corrected chi connectivity index (χ4v) is 4.39. The molecule has 1 fully saturated rings. The minimum Gasteiger partial charge on any atom is -0.507 e. The summed E-state index contributed by atoms with van der Waals surface area (Å²) in [6.45, 7) is 9.01. The van der Waals surface area contributed by atoms with Crippen LogP contribution in [0.4, 0.5) is 5.69 Å². The van der Waals surface area contributed by atoms with Gasteiger partial charge in [0.15, 0.2) is 0 Å². The molecule has 2 unspecified atom stereocenters. The highest BCUT2D eigenvalue weighted by Crippen LogP contribution is 2.46. The number of aryl methyl sites for hydroxylation is 4. The van der Waals surface area contributed by atoms with E-state index in [1.165, 1.54) is 22.3 Å². The van der Waals surface area contributed by atoms with Crippen LogP contribution in [0.25, 0.3) is 0 Å². The summed E-state index contributed by atoms with van der Waals surface area (Å²) in [4.78, 5) is 0. The molecule has 3 aromatic carbocycles. The number of anilines is 1. The highest BCUT2D eigenvalue weighted by atomic mass is 16.6. The van der Waals surface area contributed by atoms with Crippen LogP contribution >= 0.6 is 0 Å². The van der Waals surface area contributed by atoms with Crippen LogP contribution in [-0.4, -0.2) is 11.7 Å². The first-order valence-electron chi connectivity index (χ1n) is 9.74. The summed E-state index contributed by atoms with van der Waals surface area (Å²) in [5, 5.41) is 11.0. The summed E-state index contributed by atoms with van der Waals surface area (Å²) in [5.41, 5.74) is 15.9. The third-order valence-electron chi connectivity index (χ3n) is 5.62. The summed E-state index contributed by atoms with van der Waals surface area (Å²) in [5.74, 6) is 0.179. The van der Waals surface area contributed by atoms with Crippen molar-refractivity contribution in [3.63, 3.8) is 0 Å². The van der Waals surface area contributed by atoms with Crippen molar-refractivity contribution < 1.29 is 9.84 Å². The predicted molar refractivity (Wildman–Crippen MR) is 114 cm³/mol. The van der Waals surface area contributed by atoms with Gasteiger partial charge in [0, 0.05) is 17.2 Å². The van der Waals surface area contributed by atoms with Crippen LogP contribution in [0.15, 0.2) is 48.5 Å². The number of epoxide rings is 1. The van der Waals surface area contributed by atoms with E-state index in [9.17, 15) is 5.11 Å². The van der Waals surface area contributed by atoms with E-state index in [2.05, 4.69) is 45.0 Å². The Balaban J connectivity index is 2.06. The van der Waals surface area contributed by atoms with Gasteiger partial charge in [-0.2, -0.15) is 0 Å². The Morgan fingerprint density at radius 1 is 0.893 bits per heavy atom. The number of benzene rings is 3. The highest BCUT2D eigenvalue weighted by molar-refractivity contribution is 5.62. The molecule has 3 N–H and O–H groups in total. The number of phenolic OH excluding ortho intramolecular Hbond substituents is 1. The molecule has 3 nitrogen and oxygen atoms in total. The molecular weight excluding hydrogens is 346 g/mol. The Labute approximate surface area is 166 Å². The van der Waals surface area contributed by atoms with Gasteiger partial charge < -0.3 is 15.6 Å². The number of aromatic hydroxyl groups is 1. The normalized spacial score (nSPS) is 16.8. The average molecular weight is 373 g/mol. The van der Waals surface area contributed by atoms with E-state index in [4.69, 9.17) is 10.5 Å². The van der Waals surface area contributed by atoms with Crippen LogP contribution in [0.1, 0.15) is 56.5 Å². The van der Waals surface area contributed by atoms with E-state index >= 15 is 0 Å². The van der Waals surface area contributed by atoms with Gasteiger partial charge in [0.1, 0.15) is 11.9 Å². The first-order chi connectivity index (χ1) is 13.4. The number of phenols is 1. The summed E-state index contributed by atoms with van der Waals surface area (Å²) >= 11 is 0. The smallest absolute Gasteiger partial charge is 0.122 e. The van der Waals surface area contributed by atoms with E-state index in [-0.39, 0.29) is 12.0 Å². The molecule has 0 spiro atoms. The van der Waals surface area contributed by atoms with Crippen LogP contribution in [0.5, 0.6) is 5.75 Å². The van der Waals surface area contributed by atoms with Crippen LogP contribution in [0, 0.1) is 27.7 Å².